The van der Waals surface area contributed by atoms with E-state index in [9.17, 15) is 24.3 Å². The summed E-state index contributed by atoms with van der Waals surface area (Å²) in [6.07, 6.45) is 3.88. The first-order chi connectivity index (χ1) is 24.9. The molecule has 4 N–H and O–H groups in total. The van der Waals surface area contributed by atoms with Crippen molar-refractivity contribution in [3.63, 3.8) is 0 Å². The van der Waals surface area contributed by atoms with E-state index in [1.807, 2.05) is 24.3 Å². The van der Waals surface area contributed by atoms with Crippen molar-refractivity contribution in [1.82, 2.24) is 10.6 Å². The Hall–Kier alpha value is -4.56. The van der Waals surface area contributed by atoms with Crippen molar-refractivity contribution in [2.45, 2.75) is 95.0 Å². The monoisotopic (exact) mass is 720 g/mol. The zero-order chi connectivity index (χ0) is 37.3. The molecule has 5 rings (SSSR count). The number of carbonyl (C=O) groups is 4. The predicted octanol–water partition coefficient (Wildman–Crippen LogP) is 2.91. The number of hydrogen-bond acceptors (Lipinski definition) is 11. The number of aliphatic hydroxyl groups is 2. The van der Waals surface area contributed by atoms with Crippen LogP contribution in [0.4, 0.5) is 0 Å². The van der Waals surface area contributed by atoms with Gasteiger partial charge in [0.05, 0.1) is 31.1 Å². The third-order valence-corrected chi connectivity index (χ3v) is 8.79. The first-order valence-corrected chi connectivity index (χ1v) is 17.6. The minimum atomic E-state index is -0.962. The fourth-order valence-electron chi connectivity index (χ4n) is 6.48. The highest BCUT2D eigenvalue weighted by Crippen LogP contribution is 2.45. The summed E-state index contributed by atoms with van der Waals surface area (Å²) in [5.41, 5.74) is 2.90. The van der Waals surface area contributed by atoms with E-state index < -0.39 is 59.5 Å². The van der Waals surface area contributed by atoms with Crippen LogP contribution in [0.3, 0.4) is 0 Å². The van der Waals surface area contributed by atoms with Gasteiger partial charge >= 0.3 is 11.9 Å². The lowest BCUT2D eigenvalue weighted by Crippen LogP contribution is -2.44. The molecule has 4 atom stereocenters. The van der Waals surface area contributed by atoms with Gasteiger partial charge in [-0.25, -0.2) is 4.79 Å². The summed E-state index contributed by atoms with van der Waals surface area (Å²) < 4.78 is 29.6. The van der Waals surface area contributed by atoms with Gasteiger partial charge in [-0.3, -0.25) is 14.4 Å². The summed E-state index contributed by atoms with van der Waals surface area (Å²) in [6.45, 7) is 4.96. The largest absolute Gasteiger partial charge is 0.499 e. The molecule has 0 aromatic heterocycles. The van der Waals surface area contributed by atoms with Gasteiger partial charge in [-0.15, -0.1) is 0 Å². The van der Waals surface area contributed by atoms with Crippen molar-refractivity contribution in [3.8, 4) is 0 Å². The topological polar surface area (TPSA) is 179 Å². The van der Waals surface area contributed by atoms with Crippen molar-refractivity contribution >= 4 is 29.8 Å². The Morgan fingerprint density at radius 1 is 1.02 bits per heavy atom. The molecule has 2 aromatic carbocycles. The Morgan fingerprint density at radius 3 is 2.46 bits per heavy atom. The number of hydrogen-bond donors (Lipinski definition) is 4. The average Bonchev–Trinajstić information content (AvgIpc) is 3.65. The molecule has 2 aliphatic carbocycles. The molecule has 2 aromatic rings. The molecule has 3 aliphatic rings. The average molecular weight is 721 g/mol. The normalized spacial score (nSPS) is 20.8. The number of fused-ring (bicyclic) bond motifs is 2. The van der Waals surface area contributed by atoms with E-state index in [2.05, 4.69) is 10.6 Å². The van der Waals surface area contributed by atoms with Gasteiger partial charge in [-0.1, -0.05) is 36.4 Å². The molecule has 13 heteroatoms. The van der Waals surface area contributed by atoms with E-state index in [-0.39, 0.29) is 52.0 Å². The van der Waals surface area contributed by atoms with E-state index in [1.54, 1.807) is 57.2 Å². The van der Waals surface area contributed by atoms with Gasteiger partial charge in [-0.2, -0.15) is 0 Å². The Labute approximate surface area is 303 Å². The highest BCUT2D eigenvalue weighted by atomic mass is 16.8. The molecule has 280 valence electrons. The standard InChI is InChI=1S/C39H48N2O11/c1-38(2,3)51-34(45)12-11-30(24-43)41-33(44)13-15-40-36(46)29-20-31(49-37(47)26-10-6-7-25(19-26)14-17-48-18-16-42)35-32(21-29)50-39(52-35)22-27-8-4-5-9-28(27)23-39/h4-10,14,17,19,21,30-32,35,42-43H,11-13,15-16,18,20,22-24H2,1-3H3,(H,40,46)(H,41,44). The second-order valence-electron chi connectivity index (χ2n) is 14.1. The lowest BCUT2D eigenvalue weighted by molar-refractivity contribution is -0.172. The molecule has 13 nitrogen and oxygen atoms in total. The van der Waals surface area contributed by atoms with Crippen LogP contribution in [0.2, 0.25) is 0 Å². The molecule has 52 heavy (non-hydrogen) atoms. The van der Waals surface area contributed by atoms with Gasteiger partial charge in [-0.05, 0) is 68.2 Å². The number of benzene rings is 2. The molecule has 0 radical (unpaired) electrons. The zero-order valence-electron chi connectivity index (χ0n) is 29.8. The van der Waals surface area contributed by atoms with Crippen LogP contribution in [-0.4, -0.2) is 96.1 Å². The molecule has 0 saturated carbocycles. The molecular weight excluding hydrogens is 672 g/mol. The second kappa shape index (κ2) is 17.3. The summed E-state index contributed by atoms with van der Waals surface area (Å²) >= 11 is 0. The van der Waals surface area contributed by atoms with Gasteiger partial charge in [0, 0.05) is 44.2 Å². The predicted molar refractivity (Wildman–Crippen MR) is 188 cm³/mol. The summed E-state index contributed by atoms with van der Waals surface area (Å²) in [5, 5.41) is 24.1. The van der Waals surface area contributed by atoms with Crippen LogP contribution in [-0.2, 0) is 50.9 Å². The maximum absolute atomic E-state index is 13.5. The van der Waals surface area contributed by atoms with Crippen LogP contribution in [0.1, 0.15) is 73.5 Å². The molecule has 1 spiro atoms. The van der Waals surface area contributed by atoms with E-state index in [0.717, 1.165) is 11.1 Å². The third-order valence-electron chi connectivity index (χ3n) is 8.79. The van der Waals surface area contributed by atoms with Crippen molar-refractivity contribution in [2.24, 2.45) is 0 Å². The van der Waals surface area contributed by atoms with Crippen LogP contribution < -0.4 is 10.6 Å². The Bertz CT molecular complexity index is 1640. The molecular formula is C39H48N2O11. The number of ether oxygens (including phenoxy) is 5. The lowest BCUT2D eigenvalue weighted by Gasteiger charge is -2.30. The van der Waals surface area contributed by atoms with Crippen LogP contribution >= 0.6 is 0 Å². The molecule has 1 fully saturated rings. The first-order valence-electron chi connectivity index (χ1n) is 17.6. The number of rotatable bonds is 15. The van der Waals surface area contributed by atoms with Gasteiger partial charge in [0.15, 0.2) is 5.79 Å². The van der Waals surface area contributed by atoms with Crippen molar-refractivity contribution in [1.29, 1.82) is 0 Å². The highest BCUT2D eigenvalue weighted by molar-refractivity contribution is 5.94. The van der Waals surface area contributed by atoms with E-state index in [0.29, 0.717) is 29.5 Å². The first kappa shape index (κ1) is 38.7. The molecule has 4 unspecified atom stereocenters. The zero-order valence-corrected chi connectivity index (χ0v) is 29.8. The summed E-state index contributed by atoms with van der Waals surface area (Å²) in [4.78, 5) is 51.6. The highest BCUT2D eigenvalue weighted by Gasteiger charge is 2.55. The number of aliphatic hydroxyl groups excluding tert-OH is 2. The maximum atomic E-state index is 13.5. The van der Waals surface area contributed by atoms with Crippen molar-refractivity contribution in [2.75, 3.05) is 26.4 Å². The molecule has 1 aliphatic heterocycles. The number of carbonyl (C=O) groups excluding carboxylic acids is 4. The van der Waals surface area contributed by atoms with Gasteiger partial charge < -0.3 is 44.5 Å². The summed E-state index contributed by atoms with van der Waals surface area (Å²) in [5.74, 6) is -2.83. The summed E-state index contributed by atoms with van der Waals surface area (Å²) in [6, 6.07) is 14.1. The van der Waals surface area contributed by atoms with Crippen LogP contribution in [0.25, 0.3) is 6.08 Å². The molecule has 1 heterocycles. The third kappa shape index (κ3) is 10.5. The Kier molecular flexibility index (Phi) is 12.9. The van der Waals surface area contributed by atoms with Crippen LogP contribution in [0, 0.1) is 0 Å². The van der Waals surface area contributed by atoms with Crippen molar-refractivity contribution < 1.29 is 53.1 Å². The molecule has 2 amide bonds. The smallest absolute Gasteiger partial charge is 0.338 e. The lowest BCUT2D eigenvalue weighted by atomic mass is 9.91. The Morgan fingerprint density at radius 2 is 1.77 bits per heavy atom. The Balaban J connectivity index is 1.22. The van der Waals surface area contributed by atoms with Crippen LogP contribution in [0.15, 0.2) is 66.4 Å². The van der Waals surface area contributed by atoms with Gasteiger partial charge in [0.25, 0.3) is 0 Å². The second-order valence-corrected chi connectivity index (χ2v) is 14.1. The molecule has 1 saturated heterocycles. The SMILES string of the molecule is CC(C)(C)OC(=O)CCC(CO)NC(=O)CCNC(=O)C1=CC2OC3(Cc4ccccc4C3)OC2C(OC(=O)c2cccc(C=COCCO)c2)C1. The fourth-order valence-corrected chi connectivity index (χ4v) is 6.48. The molecule has 0 bridgehead atoms. The number of nitrogens with one attached hydrogen (secondary N) is 2. The van der Waals surface area contributed by atoms with Gasteiger partial charge in [0.1, 0.15) is 30.5 Å². The summed E-state index contributed by atoms with van der Waals surface area (Å²) in [7, 11) is 0. The quantitative estimate of drug-likeness (QED) is 0.121. The number of amides is 2. The van der Waals surface area contributed by atoms with Gasteiger partial charge in [0.2, 0.25) is 11.8 Å². The van der Waals surface area contributed by atoms with E-state index in [1.165, 1.54) is 6.26 Å². The fraction of sp³-hybridized carbons (Fsp3) is 0.487. The van der Waals surface area contributed by atoms with Crippen LogP contribution in [0.5, 0.6) is 0 Å². The van der Waals surface area contributed by atoms with Crippen molar-refractivity contribution in [3.05, 3.63) is 88.7 Å². The maximum Gasteiger partial charge on any atom is 0.338 e. The minimum absolute atomic E-state index is 0.00367. The van der Waals surface area contributed by atoms with E-state index in [4.69, 9.17) is 28.8 Å². The number of esters is 2. The van der Waals surface area contributed by atoms with E-state index >= 15 is 0 Å². The minimum Gasteiger partial charge on any atom is -0.499 e.